The standard InChI is InChI=1S/C16H11Cl2N3O3/c17-9-5-10(18)7-11(6-9)19-14(22)8-21-15(23)12-3-1-2-4-13(12)20-16(21)24/h1-7,12H,8H2,(H,19,22). The lowest BCUT2D eigenvalue weighted by Gasteiger charge is -2.27. The molecule has 24 heavy (non-hydrogen) atoms. The molecule has 1 aromatic rings. The molecule has 1 unspecified atom stereocenters. The number of carbonyl (C=O) groups is 3. The number of benzene rings is 1. The van der Waals surface area contributed by atoms with Crippen LogP contribution in [0.3, 0.4) is 0 Å². The maximum atomic E-state index is 12.4. The average Bonchev–Trinajstić information content (AvgIpc) is 2.50. The van der Waals surface area contributed by atoms with Gasteiger partial charge in [-0.15, -0.1) is 0 Å². The van der Waals surface area contributed by atoms with Crippen LogP contribution in [0.5, 0.6) is 0 Å². The van der Waals surface area contributed by atoms with E-state index < -0.39 is 30.3 Å². The summed E-state index contributed by atoms with van der Waals surface area (Å²) in [5, 5.41) is 3.26. The molecule has 1 aliphatic heterocycles. The van der Waals surface area contributed by atoms with E-state index in [4.69, 9.17) is 23.2 Å². The number of nitrogens with zero attached hydrogens (tertiary/aromatic N) is 2. The van der Waals surface area contributed by atoms with Crippen molar-refractivity contribution in [3.05, 3.63) is 52.5 Å². The maximum Gasteiger partial charge on any atom is 0.351 e. The Labute approximate surface area is 147 Å². The van der Waals surface area contributed by atoms with Crippen LogP contribution >= 0.6 is 23.2 Å². The fourth-order valence-electron chi connectivity index (χ4n) is 2.40. The number of hydrogen-bond donors (Lipinski definition) is 1. The third-order valence-electron chi connectivity index (χ3n) is 3.44. The molecule has 1 aliphatic carbocycles. The second-order valence-electron chi connectivity index (χ2n) is 5.17. The molecular weight excluding hydrogens is 353 g/mol. The van der Waals surface area contributed by atoms with E-state index in [0.29, 0.717) is 21.4 Å². The van der Waals surface area contributed by atoms with Gasteiger partial charge >= 0.3 is 6.03 Å². The summed E-state index contributed by atoms with van der Waals surface area (Å²) in [7, 11) is 0. The smallest absolute Gasteiger partial charge is 0.324 e. The van der Waals surface area contributed by atoms with Crippen LogP contribution in [0.2, 0.25) is 10.0 Å². The van der Waals surface area contributed by atoms with Gasteiger partial charge in [-0.25, -0.2) is 4.79 Å². The number of anilines is 1. The van der Waals surface area contributed by atoms with Gasteiger partial charge in [0.05, 0.1) is 11.6 Å². The van der Waals surface area contributed by atoms with Crippen molar-refractivity contribution in [2.45, 2.75) is 0 Å². The Morgan fingerprint density at radius 3 is 2.58 bits per heavy atom. The lowest BCUT2D eigenvalue weighted by molar-refractivity contribution is -0.132. The van der Waals surface area contributed by atoms with E-state index in [1.807, 2.05) is 0 Å². The molecule has 0 radical (unpaired) electrons. The average molecular weight is 364 g/mol. The van der Waals surface area contributed by atoms with Crippen molar-refractivity contribution in [3.8, 4) is 0 Å². The quantitative estimate of drug-likeness (QED) is 0.895. The third-order valence-corrected chi connectivity index (χ3v) is 3.87. The Morgan fingerprint density at radius 2 is 1.88 bits per heavy atom. The Hall–Kier alpha value is -2.44. The Balaban J connectivity index is 1.73. The van der Waals surface area contributed by atoms with E-state index >= 15 is 0 Å². The van der Waals surface area contributed by atoms with Gasteiger partial charge in [0.15, 0.2) is 0 Å². The SMILES string of the molecule is O=C(CN1C(=O)N=C2C=CC=CC2C1=O)Nc1cc(Cl)cc(Cl)c1. The first-order valence-corrected chi connectivity index (χ1v) is 7.74. The molecule has 0 aromatic heterocycles. The summed E-state index contributed by atoms with van der Waals surface area (Å²) in [4.78, 5) is 41.2. The number of carbonyl (C=O) groups excluding carboxylic acids is 3. The molecule has 2 aliphatic rings. The van der Waals surface area contributed by atoms with Crippen LogP contribution in [0.25, 0.3) is 0 Å². The molecule has 1 aromatic carbocycles. The van der Waals surface area contributed by atoms with Crippen LogP contribution in [0.15, 0.2) is 47.5 Å². The van der Waals surface area contributed by atoms with Gasteiger partial charge in [-0.3, -0.25) is 14.5 Å². The van der Waals surface area contributed by atoms with Gasteiger partial charge in [-0.2, -0.15) is 4.99 Å². The van der Waals surface area contributed by atoms with Crippen molar-refractivity contribution in [2.24, 2.45) is 10.9 Å². The molecule has 0 fully saturated rings. The van der Waals surface area contributed by atoms with Gasteiger partial charge in [0, 0.05) is 15.7 Å². The summed E-state index contributed by atoms with van der Waals surface area (Å²) < 4.78 is 0. The zero-order valence-corrected chi connectivity index (χ0v) is 13.7. The molecule has 0 saturated carbocycles. The number of hydrogen-bond acceptors (Lipinski definition) is 3. The number of fused-ring (bicyclic) bond motifs is 1. The number of nitrogens with one attached hydrogen (secondary N) is 1. The first-order chi connectivity index (χ1) is 11.4. The predicted octanol–water partition coefficient (Wildman–Crippen LogP) is 3.08. The van der Waals surface area contributed by atoms with E-state index in [1.54, 1.807) is 24.3 Å². The third kappa shape index (κ3) is 3.39. The molecule has 4 amide bonds. The first kappa shape index (κ1) is 16.4. The first-order valence-electron chi connectivity index (χ1n) is 6.99. The number of amides is 4. The molecule has 8 heteroatoms. The highest BCUT2D eigenvalue weighted by molar-refractivity contribution is 6.35. The van der Waals surface area contributed by atoms with Gasteiger partial charge < -0.3 is 5.32 Å². The van der Waals surface area contributed by atoms with Gasteiger partial charge in [0.2, 0.25) is 11.8 Å². The lowest BCUT2D eigenvalue weighted by atomic mass is 9.95. The molecule has 1 atom stereocenters. The van der Waals surface area contributed by atoms with E-state index in [9.17, 15) is 14.4 Å². The van der Waals surface area contributed by atoms with E-state index in [-0.39, 0.29) is 0 Å². The van der Waals surface area contributed by atoms with Crippen molar-refractivity contribution < 1.29 is 14.4 Å². The number of halogens is 2. The van der Waals surface area contributed by atoms with Crippen LogP contribution < -0.4 is 5.32 Å². The summed E-state index contributed by atoms with van der Waals surface area (Å²) in [5.41, 5.74) is 0.755. The molecule has 1 heterocycles. The minimum atomic E-state index is -0.759. The Kier molecular flexibility index (Phi) is 4.51. The summed E-state index contributed by atoms with van der Waals surface area (Å²) in [5.74, 6) is -1.67. The largest absolute Gasteiger partial charge is 0.351 e. The zero-order valence-electron chi connectivity index (χ0n) is 12.2. The topological polar surface area (TPSA) is 78.8 Å². The molecule has 0 saturated heterocycles. The second kappa shape index (κ2) is 6.59. The molecule has 6 nitrogen and oxygen atoms in total. The summed E-state index contributed by atoms with van der Waals surface area (Å²) >= 11 is 11.7. The second-order valence-corrected chi connectivity index (χ2v) is 6.04. The van der Waals surface area contributed by atoms with Gasteiger partial charge in [-0.05, 0) is 24.3 Å². The summed E-state index contributed by atoms with van der Waals surface area (Å²) in [6, 6.07) is 3.78. The minimum Gasteiger partial charge on any atom is -0.324 e. The monoisotopic (exact) mass is 363 g/mol. The fraction of sp³-hybridized carbons (Fsp3) is 0.125. The number of imide groups is 1. The van der Waals surface area contributed by atoms with Crippen LogP contribution in [0, 0.1) is 5.92 Å². The van der Waals surface area contributed by atoms with Crippen molar-refractivity contribution in [1.29, 1.82) is 0 Å². The van der Waals surface area contributed by atoms with E-state index in [0.717, 1.165) is 4.90 Å². The molecule has 0 spiro atoms. The number of allylic oxidation sites excluding steroid dienone is 3. The summed E-state index contributed by atoms with van der Waals surface area (Å²) in [6.07, 6.45) is 6.63. The van der Waals surface area contributed by atoms with E-state index in [1.165, 1.54) is 18.2 Å². The van der Waals surface area contributed by atoms with Gasteiger partial charge in [0.1, 0.15) is 6.54 Å². The minimum absolute atomic E-state index is 0.358. The van der Waals surface area contributed by atoms with Crippen LogP contribution in [0.1, 0.15) is 0 Å². The van der Waals surface area contributed by atoms with Crippen LogP contribution in [-0.4, -0.2) is 35.0 Å². The highest BCUT2D eigenvalue weighted by atomic mass is 35.5. The number of rotatable bonds is 3. The zero-order chi connectivity index (χ0) is 17.3. The van der Waals surface area contributed by atoms with E-state index in [2.05, 4.69) is 10.3 Å². The molecule has 0 bridgehead atoms. The number of urea groups is 1. The predicted molar refractivity (Wildman–Crippen MR) is 91.4 cm³/mol. The molecule has 122 valence electrons. The van der Waals surface area contributed by atoms with Gasteiger partial charge in [-0.1, -0.05) is 41.4 Å². The number of aliphatic imine (C=N–C) groups is 1. The fourth-order valence-corrected chi connectivity index (χ4v) is 2.92. The maximum absolute atomic E-state index is 12.4. The Morgan fingerprint density at radius 1 is 1.17 bits per heavy atom. The lowest BCUT2D eigenvalue weighted by Crippen LogP contribution is -2.48. The Bertz CT molecular complexity index is 810. The van der Waals surface area contributed by atoms with Crippen molar-refractivity contribution >= 4 is 52.4 Å². The highest BCUT2D eigenvalue weighted by Gasteiger charge is 2.36. The normalized spacial score (nSPS) is 19.2. The molecule has 3 rings (SSSR count). The van der Waals surface area contributed by atoms with Crippen molar-refractivity contribution in [1.82, 2.24) is 4.90 Å². The van der Waals surface area contributed by atoms with Crippen molar-refractivity contribution in [2.75, 3.05) is 11.9 Å². The summed E-state index contributed by atoms with van der Waals surface area (Å²) in [6.45, 7) is -0.438. The van der Waals surface area contributed by atoms with Crippen LogP contribution in [0.4, 0.5) is 10.5 Å². The van der Waals surface area contributed by atoms with Crippen molar-refractivity contribution in [3.63, 3.8) is 0 Å². The molecule has 1 N–H and O–H groups in total. The highest BCUT2D eigenvalue weighted by Crippen LogP contribution is 2.23. The van der Waals surface area contributed by atoms with Crippen LogP contribution in [-0.2, 0) is 9.59 Å². The van der Waals surface area contributed by atoms with Gasteiger partial charge in [0.25, 0.3) is 0 Å². The molecular formula is C16H11Cl2N3O3.